The lowest BCUT2D eigenvalue weighted by molar-refractivity contribution is -0.385. The number of nitro groups is 1. The SMILES string of the molecule is Cc1cc(N(C)Cc2cccc(C#N)c2)ncc1[N+](=O)[O-]. The molecule has 2 aromatic rings. The van der Waals surface area contributed by atoms with Crippen LogP contribution in [0.1, 0.15) is 16.7 Å². The van der Waals surface area contributed by atoms with E-state index in [1.807, 2.05) is 30.1 Å². The molecule has 1 heterocycles. The quantitative estimate of drug-likeness (QED) is 0.636. The van der Waals surface area contributed by atoms with Gasteiger partial charge in [-0.1, -0.05) is 12.1 Å². The zero-order valence-corrected chi connectivity index (χ0v) is 11.8. The van der Waals surface area contributed by atoms with Crippen LogP contribution in [0.15, 0.2) is 36.5 Å². The number of benzene rings is 1. The first-order valence-electron chi connectivity index (χ1n) is 6.32. The standard InChI is InChI=1S/C15H14N4O2/c1-11-6-15(17-9-14(11)19(20)21)18(2)10-13-5-3-4-12(7-13)8-16/h3-7,9H,10H2,1-2H3. The Morgan fingerprint density at radius 2 is 2.19 bits per heavy atom. The Bertz CT molecular complexity index is 722. The van der Waals surface area contributed by atoms with E-state index < -0.39 is 4.92 Å². The predicted molar refractivity (Wildman–Crippen MR) is 78.9 cm³/mol. The molecule has 106 valence electrons. The average molecular weight is 282 g/mol. The van der Waals surface area contributed by atoms with Crippen molar-refractivity contribution in [3.8, 4) is 6.07 Å². The van der Waals surface area contributed by atoms with Crippen molar-refractivity contribution in [2.45, 2.75) is 13.5 Å². The summed E-state index contributed by atoms with van der Waals surface area (Å²) in [5.41, 5.74) is 2.17. The van der Waals surface area contributed by atoms with Crippen molar-refractivity contribution >= 4 is 11.5 Å². The zero-order valence-electron chi connectivity index (χ0n) is 11.8. The lowest BCUT2D eigenvalue weighted by Crippen LogP contribution is -2.18. The average Bonchev–Trinajstić information content (AvgIpc) is 2.46. The fourth-order valence-corrected chi connectivity index (χ4v) is 2.03. The van der Waals surface area contributed by atoms with Crippen LogP contribution in [0, 0.1) is 28.4 Å². The number of aryl methyl sites for hydroxylation is 1. The molecule has 0 amide bonds. The molecule has 2 rings (SSSR count). The second kappa shape index (κ2) is 6.01. The molecule has 0 radical (unpaired) electrons. The first kappa shape index (κ1) is 14.5. The van der Waals surface area contributed by atoms with Gasteiger partial charge < -0.3 is 4.90 Å². The molecule has 6 nitrogen and oxygen atoms in total. The van der Waals surface area contributed by atoms with Crippen molar-refractivity contribution in [2.75, 3.05) is 11.9 Å². The minimum atomic E-state index is -0.442. The van der Waals surface area contributed by atoms with Crippen molar-refractivity contribution < 1.29 is 4.92 Å². The van der Waals surface area contributed by atoms with E-state index in [1.54, 1.807) is 19.1 Å². The number of nitrogens with zero attached hydrogens (tertiary/aromatic N) is 4. The highest BCUT2D eigenvalue weighted by molar-refractivity contribution is 5.48. The van der Waals surface area contributed by atoms with Gasteiger partial charge in [-0.15, -0.1) is 0 Å². The summed E-state index contributed by atoms with van der Waals surface area (Å²) >= 11 is 0. The Hall–Kier alpha value is -2.94. The highest BCUT2D eigenvalue weighted by Crippen LogP contribution is 2.21. The van der Waals surface area contributed by atoms with E-state index >= 15 is 0 Å². The third kappa shape index (κ3) is 3.34. The zero-order chi connectivity index (χ0) is 15.4. The summed E-state index contributed by atoms with van der Waals surface area (Å²) in [6, 6.07) is 11.1. The maximum absolute atomic E-state index is 10.8. The summed E-state index contributed by atoms with van der Waals surface area (Å²) in [6.07, 6.45) is 1.27. The highest BCUT2D eigenvalue weighted by atomic mass is 16.6. The number of rotatable bonds is 4. The van der Waals surface area contributed by atoms with Gasteiger partial charge in [0.05, 0.1) is 16.6 Å². The summed E-state index contributed by atoms with van der Waals surface area (Å²) in [7, 11) is 1.85. The fourth-order valence-electron chi connectivity index (χ4n) is 2.03. The molecule has 0 saturated carbocycles. The summed E-state index contributed by atoms with van der Waals surface area (Å²) < 4.78 is 0. The van der Waals surface area contributed by atoms with Crippen molar-refractivity contribution in [2.24, 2.45) is 0 Å². The topological polar surface area (TPSA) is 83.1 Å². The molecule has 0 aliphatic heterocycles. The Morgan fingerprint density at radius 3 is 2.81 bits per heavy atom. The Morgan fingerprint density at radius 1 is 1.43 bits per heavy atom. The molecular formula is C15H14N4O2. The van der Waals surface area contributed by atoms with Gasteiger partial charge in [0.25, 0.3) is 5.69 Å². The van der Waals surface area contributed by atoms with E-state index in [-0.39, 0.29) is 5.69 Å². The van der Waals surface area contributed by atoms with E-state index in [4.69, 9.17) is 5.26 Å². The largest absolute Gasteiger partial charge is 0.355 e. The van der Waals surface area contributed by atoms with Crippen LogP contribution in [0.5, 0.6) is 0 Å². The van der Waals surface area contributed by atoms with Crippen molar-refractivity contribution in [1.29, 1.82) is 5.26 Å². The normalized spacial score (nSPS) is 9.95. The molecule has 0 saturated heterocycles. The van der Waals surface area contributed by atoms with Crippen LogP contribution in [-0.4, -0.2) is 17.0 Å². The molecular weight excluding hydrogens is 268 g/mol. The third-order valence-corrected chi connectivity index (χ3v) is 3.13. The second-order valence-electron chi connectivity index (χ2n) is 4.75. The summed E-state index contributed by atoms with van der Waals surface area (Å²) in [5, 5.41) is 19.7. The Balaban J connectivity index is 2.20. The summed E-state index contributed by atoms with van der Waals surface area (Å²) in [6.45, 7) is 2.26. The van der Waals surface area contributed by atoms with Gasteiger partial charge in [0.15, 0.2) is 0 Å². The summed E-state index contributed by atoms with van der Waals surface area (Å²) in [5.74, 6) is 0.653. The Labute approximate surface area is 122 Å². The van der Waals surface area contributed by atoms with Crippen LogP contribution in [-0.2, 0) is 6.54 Å². The molecule has 0 spiro atoms. The van der Waals surface area contributed by atoms with Gasteiger partial charge in [0.2, 0.25) is 0 Å². The molecule has 21 heavy (non-hydrogen) atoms. The maximum atomic E-state index is 10.8. The van der Waals surface area contributed by atoms with Gasteiger partial charge in [-0.05, 0) is 30.7 Å². The van der Waals surface area contributed by atoms with Crippen LogP contribution >= 0.6 is 0 Å². The molecule has 0 N–H and O–H groups in total. The number of hydrogen-bond donors (Lipinski definition) is 0. The highest BCUT2D eigenvalue weighted by Gasteiger charge is 2.13. The number of pyridine rings is 1. The molecule has 0 aliphatic carbocycles. The molecule has 0 atom stereocenters. The number of aromatic nitrogens is 1. The first-order valence-corrected chi connectivity index (χ1v) is 6.32. The van der Waals surface area contributed by atoms with Gasteiger partial charge in [-0.25, -0.2) is 4.98 Å². The predicted octanol–water partition coefficient (Wildman–Crippen LogP) is 2.81. The molecule has 0 aliphatic rings. The fraction of sp³-hybridized carbons (Fsp3) is 0.200. The van der Waals surface area contributed by atoms with E-state index in [9.17, 15) is 10.1 Å². The first-order chi connectivity index (χ1) is 10.0. The maximum Gasteiger partial charge on any atom is 0.290 e. The van der Waals surface area contributed by atoms with Gasteiger partial charge >= 0.3 is 0 Å². The number of nitriles is 1. The minimum Gasteiger partial charge on any atom is -0.355 e. The van der Waals surface area contributed by atoms with Crippen LogP contribution in [0.25, 0.3) is 0 Å². The van der Waals surface area contributed by atoms with Crippen molar-refractivity contribution in [3.05, 3.63) is 63.3 Å². The monoisotopic (exact) mass is 282 g/mol. The number of anilines is 1. The summed E-state index contributed by atoms with van der Waals surface area (Å²) in [4.78, 5) is 16.3. The van der Waals surface area contributed by atoms with E-state index in [2.05, 4.69) is 11.1 Å². The van der Waals surface area contributed by atoms with Crippen LogP contribution in [0.4, 0.5) is 11.5 Å². The molecule has 0 fully saturated rings. The molecule has 0 bridgehead atoms. The van der Waals surface area contributed by atoms with E-state index in [1.165, 1.54) is 6.20 Å². The van der Waals surface area contributed by atoms with Crippen molar-refractivity contribution in [3.63, 3.8) is 0 Å². The lowest BCUT2D eigenvalue weighted by Gasteiger charge is -2.18. The smallest absolute Gasteiger partial charge is 0.290 e. The van der Waals surface area contributed by atoms with Gasteiger partial charge in [-0.3, -0.25) is 10.1 Å². The Kier molecular flexibility index (Phi) is 4.14. The minimum absolute atomic E-state index is 0.0126. The molecule has 6 heteroatoms. The van der Waals surface area contributed by atoms with Crippen LogP contribution in [0.2, 0.25) is 0 Å². The molecule has 1 aromatic carbocycles. The molecule has 1 aromatic heterocycles. The van der Waals surface area contributed by atoms with E-state index in [0.717, 1.165) is 5.56 Å². The molecule has 0 unspecified atom stereocenters. The van der Waals surface area contributed by atoms with Gasteiger partial charge in [0.1, 0.15) is 12.0 Å². The van der Waals surface area contributed by atoms with Crippen molar-refractivity contribution in [1.82, 2.24) is 4.98 Å². The third-order valence-electron chi connectivity index (χ3n) is 3.13. The number of hydrogen-bond acceptors (Lipinski definition) is 5. The van der Waals surface area contributed by atoms with Gasteiger partial charge in [0, 0.05) is 19.2 Å². The lowest BCUT2D eigenvalue weighted by atomic mass is 10.1. The van der Waals surface area contributed by atoms with Crippen LogP contribution in [0.3, 0.4) is 0 Å². The van der Waals surface area contributed by atoms with Gasteiger partial charge in [-0.2, -0.15) is 5.26 Å². The van der Waals surface area contributed by atoms with E-state index in [0.29, 0.717) is 23.5 Å². The second-order valence-corrected chi connectivity index (χ2v) is 4.75. The van der Waals surface area contributed by atoms with Crippen LogP contribution < -0.4 is 4.90 Å².